The summed E-state index contributed by atoms with van der Waals surface area (Å²) in [5, 5.41) is 3.24. The number of aromatic nitrogens is 2. The summed E-state index contributed by atoms with van der Waals surface area (Å²) in [6.07, 6.45) is 6.26. The number of hydrogen-bond acceptors (Lipinski definition) is 3. The highest BCUT2D eigenvalue weighted by atomic mass is 16.3. The molecule has 80 valence electrons. The van der Waals surface area contributed by atoms with Gasteiger partial charge in [-0.05, 0) is 19.2 Å². The van der Waals surface area contributed by atoms with Crippen molar-refractivity contribution < 1.29 is 4.42 Å². The van der Waals surface area contributed by atoms with E-state index < -0.39 is 0 Å². The lowest BCUT2D eigenvalue weighted by Crippen LogP contribution is -2.22. The van der Waals surface area contributed by atoms with Crippen molar-refractivity contribution in [1.82, 2.24) is 14.9 Å². The van der Waals surface area contributed by atoms with Crippen molar-refractivity contribution in [2.24, 2.45) is 7.05 Å². The molecule has 2 aromatic rings. The van der Waals surface area contributed by atoms with E-state index in [2.05, 4.69) is 10.3 Å². The summed E-state index contributed by atoms with van der Waals surface area (Å²) >= 11 is 0. The minimum absolute atomic E-state index is 0.191. The lowest BCUT2D eigenvalue weighted by Gasteiger charge is -2.14. The molecule has 0 saturated heterocycles. The van der Waals surface area contributed by atoms with E-state index in [1.54, 1.807) is 6.26 Å². The molecule has 1 N–H and O–H groups in total. The number of imidazole rings is 1. The number of nitrogens with one attached hydrogen (secondary N) is 1. The van der Waals surface area contributed by atoms with Crippen molar-refractivity contribution in [2.45, 2.75) is 12.5 Å². The van der Waals surface area contributed by atoms with Crippen LogP contribution in [-0.2, 0) is 13.5 Å². The summed E-state index contributed by atoms with van der Waals surface area (Å²) in [6, 6.07) is 4.07. The van der Waals surface area contributed by atoms with Gasteiger partial charge in [0.05, 0.1) is 12.3 Å². The summed E-state index contributed by atoms with van der Waals surface area (Å²) in [5.41, 5.74) is 0. The number of likely N-dealkylation sites (N-methyl/N-ethyl adjacent to an activating group) is 1. The summed E-state index contributed by atoms with van der Waals surface area (Å²) in [7, 11) is 3.93. The largest absolute Gasteiger partial charge is 0.469 e. The molecule has 0 fully saturated rings. The second-order valence-electron chi connectivity index (χ2n) is 3.52. The normalized spacial score (nSPS) is 12.9. The first-order chi connectivity index (χ1) is 7.31. The molecule has 0 aromatic carbocycles. The van der Waals surface area contributed by atoms with Crippen LogP contribution in [0.4, 0.5) is 0 Å². The molecule has 2 aromatic heterocycles. The van der Waals surface area contributed by atoms with E-state index in [0.717, 1.165) is 18.0 Å². The molecule has 0 aliphatic rings. The van der Waals surface area contributed by atoms with Crippen molar-refractivity contribution in [3.8, 4) is 0 Å². The van der Waals surface area contributed by atoms with Gasteiger partial charge in [0.2, 0.25) is 0 Å². The molecule has 0 saturated carbocycles. The van der Waals surface area contributed by atoms with Gasteiger partial charge in [-0.25, -0.2) is 4.98 Å². The zero-order valence-electron chi connectivity index (χ0n) is 8.97. The smallest absolute Gasteiger partial charge is 0.126 e. The minimum Gasteiger partial charge on any atom is -0.469 e. The number of furan rings is 1. The Balaban J connectivity index is 2.15. The first-order valence-electron chi connectivity index (χ1n) is 4.98. The fraction of sp³-hybridized carbons (Fsp3) is 0.364. The van der Waals surface area contributed by atoms with E-state index in [1.165, 1.54) is 0 Å². The zero-order chi connectivity index (χ0) is 10.7. The van der Waals surface area contributed by atoms with Crippen molar-refractivity contribution in [1.29, 1.82) is 0 Å². The molecule has 0 bridgehead atoms. The second kappa shape index (κ2) is 4.31. The van der Waals surface area contributed by atoms with E-state index in [0.29, 0.717) is 0 Å². The molecule has 2 rings (SSSR count). The van der Waals surface area contributed by atoms with Gasteiger partial charge in [0.25, 0.3) is 0 Å². The van der Waals surface area contributed by atoms with Crippen LogP contribution in [0.15, 0.2) is 35.2 Å². The van der Waals surface area contributed by atoms with Crippen LogP contribution >= 0.6 is 0 Å². The van der Waals surface area contributed by atoms with Gasteiger partial charge in [-0.2, -0.15) is 0 Å². The van der Waals surface area contributed by atoms with Crippen LogP contribution in [0, 0.1) is 0 Å². The van der Waals surface area contributed by atoms with Crippen LogP contribution < -0.4 is 5.32 Å². The summed E-state index contributed by atoms with van der Waals surface area (Å²) in [6.45, 7) is 0. The Morgan fingerprint density at radius 3 is 3.00 bits per heavy atom. The Labute approximate surface area is 88.9 Å². The number of rotatable bonds is 4. The van der Waals surface area contributed by atoms with E-state index in [4.69, 9.17) is 4.42 Å². The topological polar surface area (TPSA) is 43.0 Å². The van der Waals surface area contributed by atoms with Gasteiger partial charge < -0.3 is 14.3 Å². The Morgan fingerprint density at radius 1 is 1.60 bits per heavy atom. The summed E-state index contributed by atoms with van der Waals surface area (Å²) in [5.74, 6) is 1.99. The van der Waals surface area contributed by atoms with Gasteiger partial charge in [-0.1, -0.05) is 0 Å². The highest BCUT2D eigenvalue weighted by molar-refractivity contribution is 5.06. The lowest BCUT2D eigenvalue weighted by molar-refractivity contribution is 0.450. The van der Waals surface area contributed by atoms with Gasteiger partial charge in [0.1, 0.15) is 11.6 Å². The maximum atomic E-state index is 5.33. The maximum Gasteiger partial charge on any atom is 0.126 e. The van der Waals surface area contributed by atoms with Gasteiger partial charge >= 0.3 is 0 Å². The Bertz CT molecular complexity index is 405. The average molecular weight is 205 g/mol. The number of aryl methyl sites for hydroxylation is 1. The number of nitrogens with zero attached hydrogens (tertiary/aromatic N) is 2. The van der Waals surface area contributed by atoms with Gasteiger partial charge in [0.15, 0.2) is 0 Å². The molecule has 0 aliphatic heterocycles. The molecular weight excluding hydrogens is 190 g/mol. The Hall–Kier alpha value is -1.55. The SMILES string of the molecule is CNC(Cc1ccco1)c1nccn1C. The first-order valence-corrected chi connectivity index (χ1v) is 4.98. The molecule has 0 radical (unpaired) electrons. The van der Waals surface area contributed by atoms with Gasteiger partial charge in [-0.3, -0.25) is 0 Å². The van der Waals surface area contributed by atoms with Crippen LogP contribution in [0.3, 0.4) is 0 Å². The fourth-order valence-corrected chi connectivity index (χ4v) is 1.67. The first kappa shape index (κ1) is 9.98. The summed E-state index contributed by atoms with van der Waals surface area (Å²) in [4.78, 5) is 4.33. The molecule has 15 heavy (non-hydrogen) atoms. The second-order valence-corrected chi connectivity index (χ2v) is 3.52. The lowest BCUT2D eigenvalue weighted by atomic mass is 10.1. The highest BCUT2D eigenvalue weighted by Gasteiger charge is 2.15. The molecule has 0 spiro atoms. The quantitative estimate of drug-likeness (QED) is 0.822. The monoisotopic (exact) mass is 205 g/mol. The maximum absolute atomic E-state index is 5.33. The van der Waals surface area contributed by atoms with E-state index in [1.807, 2.05) is 43.2 Å². The van der Waals surface area contributed by atoms with Crippen molar-refractivity contribution in [2.75, 3.05) is 7.05 Å². The molecular formula is C11H15N3O. The Kier molecular flexibility index (Phi) is 2.87. The standard InChI is InChI=1S/C11H15N3O/c1-12-10(8-9-4-3-7-15-9)11-13-5-6-14(11)2/h3-7,10,12H,8H2,1-2H3. The van der Waals surface area contributed by atoms with E-state index >= 15 is 0 Å². The van der Waals surface area contributed by atoms with Crippen LogP contribution in [0.25, 0.3) is 0 Å². The molecule has 1 unspecified atom stereocenters. The van der Waals surface area contributed by atoms with Crippen LogP contribution in [-0.4, -0.2) is 16.6 Å². The van der Waals surface area contributed by atoms with Gasteiger partial charge in [-0.15, -0.1) is 0 Å². The minimum atomic E-state index is 0.191. The van der Waals surface area contributed by atoms with Crippen molar-refractivity contribution in [3.63, 3.8) is 0 Å². The van der Waals surface area contributed by atoms with Crippen LogP contribution in [0.1, 0.15) is 17.6 Å². The fourth-order valence-electron chi connectivity index (χ4n) is 1.67. The van der Waals surface area contributed by atoms with E-state index in [9.17, 15) is 0 Å². The predicted molar refractivity (Wildman–Crippen MR) is 57.4 cm³/mol. The van der Waals surface area contributed by atoms with E-state index in [-0.39, 0.29) is 6.04 Å². The van der Waals surface area contributed by atoms with Crippen LogP contribution in [0.5, 0.6) is 0 Å². The zero-order valence-corrected chi connectivity index (χ0v) is 8.97. The average Bonchev–Trinajstić information content (AvgIpc) is 2.85. The molecule has 4 nitrogen and oxygen atoms in total. The third-order valence-corrected chi connectivity index (χ3v) is 2.50. The third-order valence-electron chi connectivity index (χ3n) is 2.50. The molecule has 1 atom stereocenters. The Morgan fingerprint density at radius 2 is 2.47 bits per heavy atom. The van der Waals surface area contributed by atoms with Crippen molar-refractivity contribution in [3.05, 3.63) is 42.4 Å². The van der Waals surface area contributed by atoms with Crippen molar-refractivity contribution >= 4 is 0 Å². The molecule has 2 heterocycles. The van der Waals surface area contributed by atoms with Gasteiger partial charge in [0, 0.05) is 25.9 Å². The molecule has 0 aliphatic carbocycles. The molecule has 4 heteroatoms. The van der Waals surface area contributed by atoms with Crippen LogP contribution in [0.2, 0.25) is 0 Å². The molecule has 0 amide bonds. The summed E-state index contributed by atoms with van der Waals surface area (Å²) < 4.78 is 7.34. The number of hydrogen-bond donors (Lipinski definition) is 1. The third kappa shape index (κ3) is 2.10. The highest BCUT2D eigenvalue weighted by Crippen LogP contribution is 2.16. The predicted octanol–water partition coefficient (Wildman–Crippen LogP) is 1.52.